The van der Waals surface area contributed by atoms with E-state index in [9.17, 15) is 9.59 Å². The molecule has 1 aromatic heterocycles. The molecule has 7 heteroatoms. The summed E-state index contributed by atoms with van der Waals surface area (Å²) in [5, 5.41) is 3.47. The van der Waals surface area contributed by atoms with E-state index in [-0.39, 0.29) is 16.5 Å². The normalized spacial score (nSPS) is 10.5. The molecule has 0 aliphatic heterocycles. The van der Waals surface area contributed by atoms with Crippen LogP contribution in [0.3, 0.4) is 0 Å². The molecule has 1 aromatic carbocycles. The molecule has 1 N–H and O–H groups in total. The molecule has 0 bridgehead atoms. The first-order valence-corrected chi connectivity index (χ1v) is 7.41. The highest BCUT2D eigenvalue weighted by molar-refractivity contribution is 6.36. The monoisotopic (exact) mass is 339 g/mol. The maximum absolute atomic E-state index is 12.0. The topological polar surface area (TPSA) is 64.0 Å². The predicted octanol–water partition coefficient (Wildman–Crippen LogP) is 2.60. The Bertz CT molecular complexity index is 772. The average Bonchev–Trinajstić information content (AvgIpc) is 2.47. The van der Waals surface area contributed by atoms with Crippen LogP contribution in [-0.4, -0.2) is 22.0 Å². The van der Waals surface area contributed by atoms with Gasteiger partial charge in [-0.1, -0.05) is 23.2 Å². The highest BCUT2D eigenvalue weighted by atomic mass is 35.5. The van der Waals surface area contributed by atoms with Gasteiger partial charge < -0.3 is 5.32 Å². The molecule has 0 radical (unpaired) electrons. The predicted molar refractivity (Wildman–Crippen MR) is 86.8 cm³/mol. The molecule has 0 atom stereocenters. The number of rotatable bonds is 4. The maximum atomic E-state index is 12.0. The maximum Gasteiger partial charge on any atom is 0.256 e. The minimum Gasteiger partial charge on any atom is -0.350 e. The first-order valence-electron chi connectivity index (χ1n) is 6.66. The van der Waals surface area contributed by atoms with Crippen molar-refractivity contribution in [3.05, 3.63) is 61.7 Å². The van der Waals surface area contributed by atoms with Gasteiger partial charge in [0.2, 0.25) is 0 Å². The van der Waals surface area contributed by atoms with Crippen molar-refractivity contribution in [3.63, 3.8) is 0 Å². The minimum atomic E-state index is -0.313. The van der Waals surface area contributed by atoms with Crippen LogP contribution in [0.2, 0.25) is 10.0 Å². The zero-order chi connectivity index (χ0) is 16.3. The van der Waals surface area contributed by atoms with Crippen LogP contribution in [0.4, 0.5) is 0 Å². The van der Waals surface area contributed by atoms with E-state index < -0.39 is 0 Å². The fourth-order valence-electron chi connectivity index (χ4n) is 1.89. The smallest absolute Gasteiger partial charge is 0.256 e. The zero-order valence-electron chi connectivity index (χ0n) is 12.2. The number of carbonyl (C=O) groups is 1. The van der Waals surface area contributed by atoms with E-state index in [1.165, 1.54) is 17.0 Å². The SMILES string of the molecule is Cc1ncn(CCNC(=O)c2ccc(Cl)cc2Cl)c(=O)c1C. The van der Waals surface area contributed by atoms with E-state index >= 15 is 0 Å². The number of nitrogens with zero attached hydrogens (tertiary/aromatic N) is 2. The number of aromatic nitrogens is 2. The molecule has 0 fully saturated rings. The third-order valence-corrected chi connectivity index (χ3v) is 3.88. The van der Waals surface area contributed by atoms with Gasteiger partial charge in [-0.3, -0.25) is 14.2 Å². The van der Waals surface area contributed by atoms with E-state index in [1.54, 1.807) is 26.0 Å². The number of hydrogen-bond acceptors (Lipinski definition) is 3. The van der Waals surface area contributed by atoms with Crippen LogP contribution in [0.25, 0.3) is 0 Å². The van der Waals surface area contributed by atoms with E-state index in [1.807, 2.05) is 0 Å². The third kappa shape index (κ3) is 3.67. The molecular formula is C15H15Cl2N3O2. The second kappa shape index (κ2) is 6.94. The van der Waals surface area contributed by atoms with Crippen LogP contribution in [0, 0.1) is 13.8 Å². The Morgan fingerprint density at radius 3 is 2.73 bits per heavy atom. The summed E-state index contributed by atoms with van der Waals surface area (Å²) in [4.78, 5) is 28.2. The van der Waals surface area contributed by atoms with Gasteiger partial charge in [0.05, 0.1) is 16.9 Å². The van der Waals surface area contributed by atoms with Crippen LogP contribution in [0.1, 0.15) is 21.6 Å². The third-order valence-electron chi connectivity index (χ3n) is 3.33. The molecule has 0 aliphatic rings. The van der Waals surface area contributed by atoms with Gasteiger partial charge in [-0.2, -0.15) is 0 Å². The fourth-order valence-corrected chi connectivity index (χ4v) is 2.39. The van der Waals surface area contributed by atoms with Gasteiger partial charge in [-0.25, -0.2) is 4.98 Å². The Labute approximate surface area is 137 Å². The fraction of sp³-hybridized carbons (Fsp3) is 0.267. The molecule has 0 saturated heterocycles. The van der Waals surface area contributed by atoms with Gasteiger partial charge in [-0.05, 0) is 32.0 Å². The molecule has 2 aromatic rings. The van der Waals surface area contributed by atoms with Crippen LogP contribution >= 0.6 is 23.2 Å². The first kappa shape index (κ1) is 16.5. The van der Waals surface area contributed by atoms with Gasteiger partial charge in [0, 0.05) is 29.4 Å². The molecule has 0 spiro atoms. The number of aryl methyl sites for hydroxylation is 1. The van der Waals surface area contributed by atoms with Crippen LogP contribution < -0.4 is 10.9 Å². The standard InChI is InChI=1S/C15H15Cl2N3O2/c1-9-10(2)19-8-20(15(9)22)6-5-18-14(21)12-4-3-11(16)7-13(12)17/h3-4,7-8H,5-6H2,1-2H3,(H,18,21). The van der Waals surface area contributed by atoms with E-state index in [2.05, 4.69) is 10.3 Å². The van der Waals surface area contributed by atoms with Crippen molar-refractivity contribution >= 4 is 29.1 Å². The number of benzene rings is 1. The number of halogens is 2. The number of hydrogen-bond donors (Lipinski definition) is 1. The molecular weight excluding hydrogens is 325 g/mol. The van der Waals surface area contributed by atoms with Crippen LogP contribution in [0.5, 0.6) is 0 Å². The molecule has 1 amide bonds. The van der Waals surface area contributed by atoms with Gasteiger partial charge in [0.1, 0.15) is 0 Å². The first-order chi connectivity index (χ1) is 10.4. The number of nitrogens with one attached hydrogen (secondary N) is 1. The lowest BCUT2D eigenvalue weighted by atomic mass is 10.2. The average molecular weight is 340 g/mol. The van der Waals surface area contributed by atoms with Gasteiger partial charge in [-0.15, -0.1) is 0 Å². The van der Waals surface area contributed by atoms with E-state index in [0.29, 0.717) is 34.9 Å². The Hall–Kier alpha value is -1.85. The number of amides is 1. The lowest BCUT2D eigenvalue weighted by Gasteiger charge is -2.09. The zero-order valence-corrected chi connectivity index (χ0v) is 13.7. The lowest BCUT2D eigenvalue weighted by molar-refractivity contribution is 0.0952. The van der Waals surface area contributed by atoms with Gasteiger partial charge in [0.15, 0.2) is 0 Å². The summed E-state index contributed by atoms with van der Waals surface area (Å²) in [6, 6.07) is 4.67. The minimum absolute atomic E-state index is 0.105. The van der Waals surface area contributed by atoms with Crippen molar-refractivity contribution < 1.29 is 4.79 Å². The van der Waals surface area contributed by atoms with Crippen molar-refractivity contribution in [1.29, 1.82) is 0 Å². The summed E-state index contributed by atoms with van der Waals surface area (Å²) >= 11 is 11.8. The van der Waals surface area contributed by atoms with Gasteiger partial charge in [0.25, 0.3) is 11.5 Å². The highest BCUT2D eigenvalue weighted by Gasteiger charge is 2.10. The van der Waals surface area contributed by atoms with Crippen molar-refractivity contribution in [3.8, 4) is 0 Å². The molecule has 116 valence electrons. The highest BCUT2D eigenvalue weighted by Crippen LogP contribution is 2.20. The summed E-state index contributed by atoms with van der Waals surface area (Å²) in [5.74, 6) is -0.313. The van der Waals surface area contributed by atoms with Crippen LogP contribution in [0.15, 0.2) is 29.3 Å². The molecule has 0 saturated carbocycles. The van der Waals surface area contributed by atoms with E-state index in [0.717, 1.165) is 0 Å². The second-order valence-electron chi connectivity index (χ2n) is 4.83. The lowest BCUT2D eigenvalue weighted by Crippen LogP contribution is -2.32. The van der Waals surface area contributed by atoms with Crippen molar-refractivity contribution in [1.82, 2.24) is 14.9 Å². The number of carbonyl (C=O) groups excluding carboxylic acids is 1. The summed E-state index contributed by atoms with van der Waals surface area (Å²) < 4.78 is 1.46. The molecule has 5 nitrogen and oxygen atoms in total. The molecule has 1 heterocycles. The largest absolute Gasteiger partial charge is 0.350 e. The Kier molecular flexibility index (Phi) is 5.21. The van der Waals surface area contributed by atoms with Crippen molar-refractivity contribution in [2.45, 2.75) is 20.4 Å². The van der Waals surface area contributed by atoms with Gasteiger partial charge >= 0.3 is 0 Å². The molecule has 0 unspecified atom stereocenters. The Balaban J connectivity index is 2.01. The summed E-state index contributed by atoms with van der Waals surface area (Å²) in [5.41, 5.74) is 1.55. The quantitative estimate of drug-likeness (QED) is 0.931. The molecule has 22 heavy (non-hydrogen) atoms. The summed E-state index contributed by atoms with van der Waals surface area (Å²) in [7, 11) is 0. The summed E-state index contributed by atoms with van der Waals surface area (Å²) in [6.45, 7) is 4.14. The Morgan fingerprint density at radius 1 is 1.32 bits per heavy atom. The summed E-state index contributed by atoms with van der Waals surface area (Å²) in [6.07, 6.45) is 1.48. The van der Waals surface area contributed by atoms with E-state index in [4.69, 9.17) is 23.2 Å². The van der Waals surface area contributed by atoms with Crippen molar-refractivity contribution in [2.24, 2.45) is 0 Å². The van der Waals surface area contributed by atoms with Crippen LogP contribution in [-0.2, 0) is 6.54 Å². The second-order valence-corrected chi connectivity index (χ2v) is 5.68. The van der Waals surface area contributed by atoms with Crippen molar-refractivity contribution in [2.75, 3.05) is 6.54 Å². The molecule has 0 aliphatic carbocycles. The Morgan fingerprint density at radius 2 is 2.05 bits per heavy atom. The molecule has 2 rings (SSSR count).